The second-order valence-electron chi connectivity index (χ2n) is 3.09. The Kier molecular flexibility index (Phi) is 2.04. The largest absolute Gasteiger partial charge is 0.351 e. The average molecular weight is 176 g/mol. The predicted octanol–water partition coefficient (Wildman–Crippen LogP) is 1.57. The first kappa shape index (κ1) is 8.29. The Morgan fingerprint density at radius 3 is 3.00 bits per heavy atom. The van der Waals surface area contributed by atoms with E-state index in [9.17, 15) is 0 Å². The summed E-state index contributed by atoms with van der Waals surface area (Å²) >= 11 is 0. The Bertz CT molecular complexity index is 420. The van der Waals surface area contributed by atoms with Crippen molar-refractivity contribution >= 4 is 10.9 Å². The molecule has 0 spiro atoms. The fraction of sp³-hybridized carbons (Fsp3) is 0.200. The van der Waals surface area contributed by atoms with Gasteiger partial charge in [0.1, 0.15) is 0 Å². The summed E-state index contributed by atoms with van der Waals surface area (Å²) in [5, 5.41) is 1.20. The Balaban J connectivity index is 2.63. The SMILES string of the molecule is Cn1ccc2c(CON)cccc21. The van der Waals surface area contributed by atoms with Gasteiger partial charge in [-0.3, -0.25) is 4.84 Å². The highest BCUT2D eigenvalue weighted by Gasteiger charge is 2.02. The third kappa shape index (κ3) is 1.32. The molecule has 1 heterocycles. The van der Waals surface area contributed by atoms with Crippen LogP contribution in [0.3, 0.4) is 0 Å². The van der Waals surface area contributed by atoms with E-state index in [1.54, 1.807) is 0 Å². The van der Waals surface area contributed by atoms with Gasteiger partial charge in [0.05, 0.1) is 6.61 Å². The fourth-order valence-corrected chi connectivity index (χ4v) is 1.58. The fourth-order valence-electron chi connectivity index (χ4n) is 1.58. The van der Waals surface area contributed by atoms with Gasteiger partial charge in [0.2, 0.25) is 0 Å². The Morgan fingerprint density at radius 1 is 1.38 bits per heavy atom. The number of aromatic nitrogens is 1. The maximum Gasteiger partial charge on any atom is 0.0936 e. The molecule has 68 valence electrons. The number of fused-ring (bicyclic) bond motifs is 1. The second kappa shape index (κ2) is 3.20. The highest BCUT2D eigenvalue weighted by molar-refractivity contribution is 5.83. The lowest BCUT2D eigenvalue weighted by Gasteiger charge is -2.01. The van der Waals surface area contributed by atoms with Crippen LogP contribution in [0.4, 0.5) is 0 Å². The summed E-state index contributed by atoms with van der Waals surface area (Å²) in [6.07, 6.45) is 2.03. The van der Waals surface area contributed by atoms with Crippen LogP contribution in [0.2, 0.25) is 0 Å². The number of rotatable bonds is 2. The first-order chi connectivity index (χ1) is 6.33. The molecular weight excluding hydrogens is 164 g/mol. The highest BCUT2D eigenvalue weighted by atomic mass is 16.6. The van der Waals surface area contributed by atoms with Crippen LogP contribution in [0.15, 0.2) is 30.5 Å². The van der Waals surface area contributed by atoms with Gasteiger partial charge in [-0.1, -0.05) is 12.1 Å². The molecule has 0 amide bonds. The van der Waals surface area contributed by atoms with Crippen LogP contribution in [0.1, 0.15) is 5.56 Å². The van der Waals surface area contributed by atoms with E-state index in [4.69, 9.17) is 5.90 Å². The molecule has 1 aromatic carbocycles. The van der Waals surface area contributed by atoms with Gasteiger partial charge in [-0.2, -0.15) is 0 Å². The minimum Gasteiger partial charge on any atom is -0.351 e. The van der Waals surface area contributed by atoms with E-state index in [-0.39, 0.29) is 0 Å². The molecule has 0 fully saturated rings. The molecule has 3 nitrogen and oxygen atoms in total. The van der Waals surface area contributed by atoms with Crippen molar-refractivity contribution in [2.24, 2.45) is 12.9 Å². The molecule has 0 radical (unpaired) electrons. The zero-order valence-electron chi connectivity index (χ0n) is 7.53. The number of aryl methyl sites for hydroxylation is 1. The quantitative estimate of drug-likeness (QED) is 0.705. The smallest absolute Gasteiger partial charge is 0.0936 e. The molecule has 0 aliphatic heterocycles. The third-order valence-corrected chi connectivity index (χ3v) is 2.26. The zero-order chi connectivity index (χ0) is 9.26. The summed E-state index contributed by atoms with van der Waals surface area (Å²) in [6, 6.07) is 8.19. The standard InChI is InChI=1S/C10H12N2O/c1-12-6-5-9-8(7-13-11)3-2-4-10(9)12/h2-6H,7,11H2,1H3. The van der Waals surface area contributed by atoms with Gasteiger partial charge in [-0.15, -0.1) is 0 Å². The monoisotopic (exact) mass is 176 g/mol. The van der Waals surface area contributed by atoms with Gasteiger partial charge < -0.3 is 4.57 Å². The van der Waals surface area contributed by atoms with E-state index in [0.29, 0.717) is 6.61 Å². The average Bonchev–Trinajstić information content (AvgIpc) is 2.50. The third-order valence-electron chi connectivity index (χ3n) is 2.26. The van der Waals surface area contributed by atoms with Crippen LogP contribution in [-0.2, 0) is 18.5 Å². The summed E-state index contributed by atoms with van der Waals surface area (Å²) < 4.78 is 2.08. The molecule has 0 atom stereocenters. The molecule has 0 bridgehead atoms. The second-order valence-corrected chi connectivity index (χ2v) is 3.09. The molecule has 13 heavy (non-hydrogen) atoms. The maximum atomic E-state index is 5.05. The summed E-state index contributed by atoms with van der Waals surface area (Å²) in [7, 11) is 2.02. The summed E-state index contributed by atoms with van der Waals surface area (Å²) in [4.78, 5) is 4.64. The van der Waals surface area contributed by atoms with Crippen molar-refractivity contribution in [1.29, 1.82) is 0 Å². The number of hydrogen-bond donors (Lipinski definition) is 1. The molecule has 0 unspecified atom stereocenters. The van der Waals surface area contributed by atoms with Crippen molar-refractivity contribution in [1.82, 2.24) is 4.57 Å². The van der Waals surface area contributed by atoms with Crippen molar-refractivity contribution in [3.05, 3.63) is 36.0 Å². The van der Waals surface area contributed by atoms with Gasteiger partial charge in [0.25, 0.3) is 0 Å². The molecule has 2 rings (SSSR count). The highest BCUT2D eigenvalue weighted by Crippen LogP contribution is 2.19. The first-order valence-corrected chi connectivity index (χ1v) is 4.17. The summed E-state index contributed by atoms with van der Waals surface area (Å²) in [5.41, 5.74) is 2.33. The van der Waals surface area contributed by atoms with Crippen molar-refractivity contribution in [2.45, 2.75) is 6.61 Å². The summed E-state index contributed by atoms with van der Waals surface area (Å²) in [6.45, 7) is 0.460. The molecule has 0 aliphatic carbocycles. The lowest BCUT2D eigenvalue weighted by molar-refractivity contribution is 0.125. The first-order valence-electron chi connectivity index (χ1n) is 4.17. The molecule has 2 aromatic rings. The molecule has 1 aromatic heterocycles. The van der Waals surface area contributed by atoms with Crippen LogP contribution in [0.25, 0.3) is 10.9 Å². The van der Waals surface area contributed by atoms with Gasteiger partial charge in [-0.25, -0.2) is 5.90 Å². The van der Waals surface area contributed by atoms with Crippen LogP contribution >= 0.6 is 0 Å². The van der Waals surface area contributed by atoms with Crippen LogP contribution < -0.4 is 5.90 Å². The normalized spacial score (nSPS) is 10.9. The lowest BCUT2D eigenvalue weighted by atomic mass is 10.1. The van der Waals surface area contributed by atoms with Crippen molar-refractivity contribution in [2.75, 3.05) is 0 Å². The molecule has 0 saturated carbocycles. The minimum absolute atomic E-state index is 0.460. The summed E-state index contributed by atoms with van der Waals surface area (Å²) in [5.74, 6) is 5.05. The molecule has 0 saturated heterocycles. The van der Waals surface area contributed by atoms with E-state index in [1.807, 2.05) is 25.4 Å². The van der Waals surface area contributed by atoms with Gasteiger partial charge in [-0.05, 0) is 17.7 Å². The predicted molar refractivity (Wildman–Crippen MR) is 51.9 cm³/mol. The lowest BCUT2D eigenvalue weighted by Crippen LogP contribution is -1.99. The molecule has 2 N–H and O–H groups in total. The topological polar surface area (TPSA) is 40.2 Å². The zero-order valence-corrected chi connectivity index (χ0v) is 7.53. The number of nitrogens with two attached hydrogens (primary N) is 1. The Hall–Kier alpha value is -1.32. The Morgan fingerprint density at radius 2 is 2.23 bits per heavy atom. The number of nitrogens with zero attached hydrogens (tertiary/aromatic N) is 1. The van der Waals surface area contributed by atoms with E-state index in [2.05, 4.69) is 21.5 Å². The van der Waals surface area contributed by atoms with Gasteiger partial charge in [0, 0.05) is 24.1 Å². The molecular formula is C10H12N2O. The van der Waals surface area contributed by atoms with E-state index in [0.717, 1.165) is 5.56 Å². The van der Waals surface area contributed by atoms with Crippen LogP contribution in [0, 0.1) is 0 Å². The van der Waals surface area contributed by atoms with Crippen LogP contribution in [0.5, 0.6) is 0 Å². The molecule has 3 heteroatoms. The minimum atomic E-state index is 0.460. The maximum absolute atomic E-state index is 5.05. The van der Waals surface area contributed by atoms with E-state index >= 15 is 0 Å². The van der Waals surface area contributed by atoms with Crippen LogP contribution in [-0.4, -0.2) is 4.57 Å². The van der Waals surface area contributed by atoms with Crippen molar-refractivity contribution in [3.63, 3.8) is 0 Å². The number of hydrogen-bond acceptors (Lipinski definition) is 2. The number of benzene rings is 1. The van der Waals surface area contributed by atoms with Crippen molar-refractivity contribution < 1.29 is 4.84 Å². The van der Waals surface area contributed by atoms with Gasteiger partial charge >= 0.3 is 0 Å². The van der Waals surface area contributed by atoms with Gasteiger partial charge in [0.15, 0.2) is 0 Å². The van der Waals surface area contributed by atoms with E-state index in [1.165, 1.54) is 10.9 Å². The molecule has 0 aliphatic rings. The van der Waals surface area contributed by atoms with E-state index < -0.39 is 0 Å². The Labute approximate surface area is 76.7 Å². The van der Waals surface area contributed by atoms with Crippen molar-refractivity contribution in [3.8, 4) is 0 Å².